The molecule has 0 aliphatic heterocycles. The van der Waals surface area contributed by atoms with Gasteiger partial charge in [0.1, 0.15) is 5.82 Å². The molecule has 1 rings (SSSR count). The van der Waals surface area contributed by atoms with Crippen molar-refractivity contribution in [2.24, 2.45) is 0 Å². The summed E-state index contributed by atoms with van der Waals surface area (Å²) in [6.45, 7) is 0.503. The van der Waals surface area contributed by atoms with Crippen molar-refractivity contribution < 1.29 is 9.18 Å². The van der Waals surface area contributed by atoms with Gasteiger partial charge < -0.3 is 10.6 Å². The maximum atomic E-state index is 12.8. The molecule has 2 N–H and O–H groups in total. The van der Waals surface area contributed by atoms with E-state index in [1.54, 1.807) is 6.07 Å². The fourth-order valence-electron chi connectivity index (χ4n) is 1.27. The van der Waals surface area contributed by atoms with Crippen molar-refractivity contribution in [2.75, 3.05) is 11.9 Å². The van der Waals surface area contributed by atoms with E-state index in [1.165, 1.54) is 18.2 Å². The standard InChI is InChI=1S/C12H14FN3O/c13-10-5-4-6-11(9-10)16-12(17)15-8-3-1-2-7-14/h4-6,9H,1-3,8H2,(H2,15,16,17). The summed E-state index contributed by atoms with van der Waals surface area (Å²) in [7, 11) is 0. The van der Waals surface area contributed by atoms with Crippen molar-refractivity contribution in [3.05, 3.63) is 30.1 Å². The van der Waals surface area contributed by atoms with E-state index >= 15 is 0 Å². The number of unbranched alkanes of at least 4 members (excludes halogenated alkanes) is 2. The van der Waals surface area contributed by atoms with Crippen LogP contribution in [0.25, 0.3) is 0 Å². The zero-order valence-corrected chi connectivity index (χ0v) is 9.37. The highest BCUT2D eigenvalue weighted by molar-refractivity contribution is 5.89. The Labute approximate surface area is 99.4 Å². The number of rotatable bonds is 5. The predicted octanol–water partition coefficient (Wildman–Crippen LogP) is 2.64. The van der Waals surface area contributed by atoms with E-state index in [9.17, 15) is 9.18 Å². The SMILES string of the molecule is N#CCCCCNC(=O)Nc1cccc(F)c1. The van der Waals surface area contributed by atoms with Crippen molar-refractivity contribution in [3.63, 3.8) is 0 Å². The number of nitrogens with zero attached hydrogens (tertiary/aromatic N) is 1. The van der Waals surface area contributed by atoms with Crippen LogP contribution in [-0.4, -0.2) is 12.6 Å². The maximum absolute atomic E-state index is 12.8. The molecule has 0 spiro atoms. The smallest absolute Gasteiger partial charge is 0.319 e. The molecule has 1 aromatic carbocycles. The Morgan fingerprint density at radius 2 is 2.24 bits per heavy atom. The summed E-state index contributed by atoms with van der Waals surface area (Å²) >= 11 is 0. The number of amides is 2. The molecule has 0 aliphatic carbocycles. The molecule has 0 fully saturated rings. The van der Waals surface area contributed by atoms with Crippen LogP contribution in [0.4, 0.5) is 14.9 Å². The van der Waals surface area contributed by atoms with Gasteiger partial charge in [-0.3, -0.25) is 0 Å². The summed E-state index contributed by atoms with van der Waals surface area (Å²) in [5.41, 5.74) is 0.416. The highest BCUT2D eigenvalue weighted by atomic mass is 19.1. The number of nitriles is 1. The van der Waals surface area contributed by atoms with E-state index in [-0.39, 0.29) is 6.03 Å². The predicted molar refractivity (Wildman–Crippen MR) is 62.9 cm³/mol. The quantitative estimate of drug-likeness (QED) is 0.770. The number of carbonyl (C=O) groups is 1. The first-order chi connectivity index (χ1) is 8.22. The van der Waals surface area contributed by atoms with Crippen LogP contribution in [0.1, 0.15) is 19.3 Å². The summed E-state index contributed by atoms with van der Waals surface area (Å²) in [5.74, 6) is -0.392. The highest BCUT2D eigenvalue weighted by Gasteiger charge is 2.01. The van der Waals surface area contributed by atoms with Gasteiger partial charge in [-0.1, -0.05) is 6.07 Å². The second-order valence-electron chi connectivity index (χ2n) is 3.51. The van der Waals surface area contributed by atoms with E-state index < -0.39 is 5.82 Å². The minimum atomic E-state index is -0.392. The van der Waals surface area contributed by atoms with Crippen LogP contribution >= 0.6 is 0 Å². The Morgan fingerprint density at radius 1 is 1.41 bits per heavy atom. The molecule has 0 saturated heterocycles. The van der Waals surface area contributed by atoms with Crippen molar-refractivity contribution >= 4 is 11.7 Å². The Balaban J connectivity index is 2.23. The lowest BCUT2D eigenvalue weighted by molar-refractivity contribution is 0.252. The number of hydrogen-bond donors (Lipinski definition) is 2. The van der Waals surface area contributed by atoms with Crippen LogP contribution in [0, 0.1) is 17.1 Å². The second-order valence-corrected chi connectivity index (χ2v) is 3.51. The Kier molecular flexibility index (Phi) is 5.52. The molecule has 0 aliphatic rings. The molecule has 0 atom stereocenters. The van der Waals surface area contributed by atoms with Crippen LogP contribution < -0.4 is 10.6 Å². The summed E-state index contributed by atoms with van der Waals surface area (Å²) in [4.78, 5) is 11.3. The topological polar surface area (TPSA) is 64.9 Å². The molecule has 0 saturated carbocycles. The lowest BCUT2D eigenvalue weighted by Gasteiger charge is -2.06. The van der Waals surface area contributed by atoms with Crippen LogP contribution in [-0.2, 0) is 0 Å². The number of urea groups is 1. The molecule has 0 unspecified atom stereocenters. The second kappa shape index (κ2) is 7.23. The van der Waals surface area contributed by atoms with Gasteiger partial charge in [0.15, 0.2) is 0 Å². The number of benzene rings is 1. The first-order valence-corrected chi connectivity index (χ1v) is 5.40. The van der Waals surface area contributed by atoms with Crippen molar-refractivity contribution in [3.8, 4) is 6.07 Å². The van der Waals surface area contributed by atoms with E-state index in [0.29, 0.717) is 18.7 Å². The third kappa shape index (κ3) is 5.52. The molecule has 0 radical (unpaired) electrons. The largest absolute Gasteiger partial charge is 0.338 e. The molecule has 5 heteroatoms. The minimum absolute atomic E-state index is 0.368. The first-order valence-electron chi connectivity index (χ1n) is 5.40. The highest BCUT2D eigenvalue weighted by Crippen LogP contribution is 2.08. The summed E-state index contributed by atoms with van der Waals surface area (Å²) in [6, 6.07) is 7.35. The normalized spacial score (nSPS) is 9.41. The number of anilines is 1. The number of carbonyl (C=O) groups excluding carboxylic acids is 1. The molecule has 0 bridgehead atoms. The molecule has 0 aromatic heterocycles. The van der Waals surface area contributed by atoms with Crippen molar-refractivity contribution in [1.29, 1.82) is 5.26 Å². The van der Waals surface area contributed by atoms with Crippen molar-refractivity contribution in [1.82, 2.24) is 5.32 Å². The van der Waals surface area contributed by atoms with Gasteiger partial charge in [0.2, 0.25) is 0 Å². The molecule has 4 nitrogen and oxygen atoms in total. The fourth-order valence-corrected chi connectivity index (χ4v) is 1.27. The van der Waals surface area contributed by atoms with Crippen molar-refractivity contribution in [2.45, 2.75) is 19.3 Å². The minimum Gasteiger partial charge on any atom is -0.338 e. The van der Waals surface area contributed by atoms with Crippen LogP contribution in [0.5, 0.6) is 0 Å². The van der Waals surface area contributed by atoms with Gasteiger partial charge in [-0.15, -0.1) is 0 Å². The number of hydrogen-bond acceptors (Lipinski definition) is 2. The molecular weight excluding hydrogens is 221 g/mol. The third-order valence-corrected chi connectivity index (χ3v) is 2.08. The maximum Gasteiger partial charge on any atom is 0.319 e. The van der Waals surface area contributed by atoms with Crippen LogP contribution in [0.15, 0.2) is 24.3 Å². The Bertz CT molecular complexity index is 414. The van der Waals surface area contributed by atoms with Gasteiger partial charge in [-0.25, -0.2) is 9.18 Å². The summed E-state index contributed by atoms with van der Waals surface area (Å²) < 4.78 is 12.8. The van der Waals surface area contributed by atoms with E-state index in [2.05, 4.69) is 10.6 Å². The van der Waals surface area contributed by atoms with Crippen LogP contribution in [0.2, 0.25) is 0 Å². The van der Waals surface area contributed by atoms with Gasteiger partial charge in [-0.2, -0.15) is 5.26 Å². The zero-order valence-electron chi connectivity index (χ0n) is 9.37. The average Bonchev–Trinajstić information content (AvgIpc) is 2.29. The first kappa shape index (κ1) is 13.0. The van der Waals surface area contributed by atoms with E-state index in [4.69, 9.17) is 5.26 Å². The van der Waals surface area contributed by atoms with Crippen LogP contribution in [0.3, 0.4) is 0 Å². The van der Waals surface area contributed by atoms with E-state index in [1.807, 2.05) is 6.07 Å². The summed E-state index contributed by atoms with van der Waals surface area (Å²) in [6.07, 6.45) is 2.01. The number of nitrogens with one attached hydrogen (secondary N) is 2. The molecule has 90 valence electrons. The Hall–Kier alpha value is -2.09. The van der Waals surface area contributed by atoms with E-state index in [0.717, 1.165) is 12.8 Å². The zero-order chi connectivity index (χ0) is 12.5. The molecule has 2 amide bonds. The lowest BCUT2D eigenvalue weighted by atomic mass is 10.2. The van der Waals surface area contributed by atoms with Gasteiger partial charge in [0.05, 0.1) is 6.07 Å². The molecular formula is C12H14FN3O. The monoisotopic (exact) mass is 235 g/mol. The third-order valence-electron chi connectivity index (χ3n) is 2.08. The van der Waals surface area contributed by atoms with Gasteiger partial charge in [0.25, 0.3) is 0 Å². The number of halogens is 1. The van der Waals surface area contributed by atoms with Gasteiger partial charge >= 0.3 is 6.03 Å². The summed E-state index contributed by atoms with van der Waals surface area (Å²) in [5, 5.41) is 13.5. The van der Waals surface area contributed by atoms with Gasteiger partial charge in [-0.05, 0) is 31.0 Å². The lowest BCUT2D eigenvalue weighted by Crippen LogP contribution is -2.29. The molecule has 0 heterocycles. The van der Waals surface area contributed by atoms with Gasteiger partial charge in [0, 0.05) is 18.7 Å². The Morgan fingerprint density at radius 3 is 2.94 bits per heavy atom. The molecule has 17 heavy (non-hydrogen) atoms. The average molecular weight is 235 g/mol. The molecule has 1 aromatic rings. The fraction of sp³-hybridized carbons (Fsp3) is 0.333.